The van der Waals surface area contributed by atoms with E-state index in [-0.39, 0.29) is 6.10 Å². The van der Waals surface area contributed by atoms with Gasteiger partial charge in [-0.2, -0.15) is 5.10 Å². The second kappa shape index (κ2) is 9.73. The third kappa shape index (κ3) is 6.19. The molecular weight excluding hydrogens is 368 g/mol. The molecule has 2 aromatic rings. The quantitative estimate of drug-likeness (QED) is 0.464. The number of ether oxygens (including phenoxy) is 1. The number of aryl methyl sites for hydroxylation is 1. The zero-order chi connectivity index (χ0) is 20.7. The van der Waals surface area contributed by atoms with Crippen molar-refractivity contribution in [3.63, 3.8) is 0 Å². The monoisotopic (exact) mass is 400 g/mol. The molecule has 3 N–H and O–H groups in total. The third-order valence-corrected chi connectivity index (χ3v) is 5.08. The molecule has 1 aliphatic carbocycles. The molecule has 0 bridgehead atoms. The number of nitrogens with one attached hydrogen (secondary N) is 2. The van der Waals surface area contributed by atoms with Crippen LogP contribution in [0.5, 0.6) is 5.88 Å². The lowest BCUT2D eigenvalue weighted by molar-refractivity contribution is 0.0616. The van der Waals surface area contributed by atoms with Crippen LogP contribution in [0.3, 0.4) is 0 Å². The maximum Gasteiger partial charge on any atom is 0.213 e. The van der Waals surface area contributed by atoms with Crippen molar-refractivity contribution in [1.29, 1.82) is 0 Å². The Balaban J connectivity index is 1.60. The van der Waals surface area contributed by atoms with Crippen molar-refractivity contribution < 1.29 is 9.84 Å². The second-order valence-electron chi connectivity index (χ2n) is 7.75. The first-order valence-corrected chi connectivity index (χ1v) is 10.3. The zero-order valence-corrected chi connectivity index (χ0v) is 17.6. The maximum absolute atomic E-state index is 10.8. The summed E-state index contributed by atoms with van der Waals surface area (Å²) in [5.41, 5.74) is 0.735. The Bertz CT molecular complexity index is 811. The molecule has 8 heteroatoms. The summed E-state index contributed by atoms with van der Waals surface area (Å²) >= 11 is 0. The lowest BCUT2D eigenvalue weighted by Gasteiger charge is -2.23. The van der Waals surface area contributed by atoms with Gasteiger partial charge in [0.2, 0.25) is 5.88 Å². The molecule has 1 atom stereocenters. The van der Waals surface area contributed by atoms with Gasteiger partial charge >= 0.3 is 0 Å². The van der Waals surface area contributed by atoms with Crippen LogP contribution < -0.4 is 15.4 Å². The van der Waals surface area contributed by atoms with Crippen LogP contribution in [0.2, 0.25) is 0 Å². The molecule has 0 amide bonds. The summed E-state index contributed by atoms with van der Waals surface area (Å²) < 4.78 is 7.66. The molecule has 8 nitrogen and oxygen atoms in total. The van der Waals surface area contributed by atoms with Gasteiger partial charge in [0.05, 0.1) is 19.3 Å². The van der Waals surface area contributed by atoms with Gasteiger partial charge < -0.3 is 20.5 Å². The van der Waals surface area contributed by atoms with Crippen LogP contribution in [0.1, 0.15) is 50.7 Å². The van der Waals surface area contributed by atoms with Gasteiger partial charge in [0.25, 0.3) is 0 Å². The van der Waals surface area contributed by atoms with E-state index in [0.29, 0.717) is 24.9 Å². The summed E-state index contributed by atoms with van der Waals surface area (Å²) in [6.45, 7) is 5.31. The second-order valence-corrected chi connectivity index (χ2v) is 7.75. The van der Waals surface area contributed by atoms with Gasteiger partial charge in [0.1, 0.15) is 11.7 Å². The number of hydrogen-bond acceptors (Lipinski definition) is 5. The first-order valence-electron chi connectivity index (χ1n) is 10.3. The van der Waals surface area contributed by atoms with Crippen LogP contribution >= 0.6 is 0 Å². The Kier molecular flexibility index (Phi) is 7.09. The van der Waals surface area contributed by atoms with Crippen molar-refractivity contribution in [3.05, 3.63) is 41.9 Å². The number of aliphatic imine (C=N–C) groups is 1. The number of aromatic nitrogens is 3. The van der Waals surface area contributed by atoms with Crippen LogP contribution in [-0.4, -0.2) is 45.0 Å². The number of guanidine groups is 1. The Hall–Kier alpha value is -2.61. The molecule has 0 aliphatic heterocycles. The van der Waals surface area contributed by atoms with Crippen molar-refractivity contribution >= 4 is 5.96 Å². The Labute approximate surface area is 172 Å². The number of hydrogen-bond donors (Lipinski definition) is 3. The van der Waals surface area contributed by atoms with Crippen LogP contribution in [0.15, 0.2) is 35.7 Å². The van der Waals surface area contributed by atoms with E-state index in [9.17, 15) is 5.11 Å². The van der Waals surface area contributed by atoms with Crippen LogP contribution in [0.25, 0.3) is 0 Å². The predicted molar refractivity (Wildman–Crippen MR) is 113 cm³/mol. The van der Waals surface area contributed by atoms with Crippen molar-refractivity contribution in [1.82, 2.24) is 25.4 Å². The van der Waals surface area contributed by atoms with Crippen LogP contribution in [-0.2, 0) is 19.2 Å². The minimum atomic E-state index is -1.05. The van der Waals surface area contributed by atoms with E-state index >= 15 is 0 Å². The molecule has 3 rings (SSSR count). The van der Waals surface area contributed by atoms with E-state index in [2.05, 4.69) is 25.7 Å². The standard InChI is InChI=1S/C21H32N6O2/c1-4-22-20(25-15-21(2,28)17-13-26-27(3)14-17)24-12-16-9-10-23-19(11-16)29-18-7-5-6-8-18/h9-11,13-14,18,28H,4-8,12,15H2,1-3H3,(H2,22,24,25). The van der Waals surface area contributed by atoms with Gasteiger partial charge in [0.15, 0.2) is 5.96 Å². The highest BCUT2D eigenvalue weighted by molar-refractivity contribution is 5.79. The minimum Gasteiger partial charge on any atom is -0.474 e. The van der Waals surface area contributed by atoms with Crippen molar-refractivity contribution in [3.8, 4) is 5.88 Å². The summed E-state index contributed by atoms with van der Waals surface area (Å²) in [5, 5.41) is 21.3. The summed E-state index contributed by atoms with van der Waals surface area (Å²) in [6.07, 6.45) is 10.2. The highest BCUT2D eigenvalue weighted by atomic mass is 16.5. The van der Waals surface area contributed by atoms with Crippen LogP contribution in [0, 0.1) is 0 Å². The number of pyridine rings is 1. The maximum atomic E-state index is 10.8. The van der Waals surface area contributed by atoms with E-state index in [1.165, 1.54) is 12.8 Å². The summed E-state index contributed by atoms with van der Waals surface area (Å²) in [5.74, 6) is 1.31. The van der Waals surface area contributed by atoms with Gasteiger partial charge in [-0.15, -0.1) is 0 Å². The lowest BCUT2D eigenvalue weighted by atomic mass is 10.00. The summed E-state index contributed by atoms with van der Waals surface area (Å²) in [6, 6.07) is 3.90. The topological polar surface area (TPSA) is 96.6 Å². The van der Waals surface area contributed by atoms with Crippen molar-refractivity contribution in [2.24, 2.45) is 12.0 Å². The lowest BCUT2D eigenvalue weighted by Crippen LogP contribution is -2.44. The van der Waals surface area contributed by atoms with E-state index in [0.717, 1.165) is 30.5 Å². The van der Waals surface area contributed by atoms with Gasteiger partial charge in [0, 0.05) is 37.6 Å². The molecule has 2 aromatic heterocycles. The summed E-state index contributed by atoms with van der Waals surface area (Å²) in [7, 11) is 1.83. The van der Waals surface area contributed by atoms with Crippen molar-refractivity contribution in [2.75, 3.05) is 13.1 Å². The number of aliphatic hydroxyl groups is 1. The fourth-order valence-corrected chi connectivity index (χ4v) is 3.36. The molecule has 1 aliphatic rings. The van der Waals surface area contributed by atoms with E-state index in [1.807, 2.05) is 32.3 Å². The van der Waals surface area contributed by atoms with Gasteiger partial charge in [-0.05, 0) is 51.2 Å². The molecule has 1 fully saturated rings. The molecule has 2 heterocycles. The fraction of sp³-hybridized carbons (Fsp3) is 0.571. The van der Waals surface area contributed by atoms with Gasteiger partial charge in [-0.3, -0.25) is 4.68 Å². The highest BCUT2D eigenvalue weighted by Crippen LogP contribution is 2.23. The third-order valence-electron chi connectivity index (χ3n) is 5.08. The molecule has 0 radical (unpaired) electrons. The predicted octanol–water partition coefficient (Wildman–Crippen LogP) is 2.10. The van der Waals surface area contributed by atoms with E-state index in [1.54, 1.807) is 24.0 Å². The number of nitrogens with zero attached hydrogens (tertiary/aromatic N) is 4. The first-order chi connectivity index (χ1) is 14.0. The SMILES string of the molecule is CCNC(=NCc1ccnc(OC2CCCC2)c1)NCC(C)(O)c1cnn(C)c1. The van der Waals surface area contributed by atoms with Crippen LogP contribution in [0.4, 0.5) is 0 Å². The molecule has 0 aromatic carbocycles. The normalized spacial score (nSPS) is 17.2. The fourth-order valence-electron chi connectivity index (χ4n) is 3.36. The Morgan fingerprint density at radius 2 is 2.17 bits per heavy atom. The molecule has 0 spiro atoms. The minimum absolute atomic E-state index is 0.287. The van der Waals surface area contributed by atoms with Gasteiger partial charge in [-0.1, -0.05) is 0 Å². The average molecular weight is 401 g/mol. The molecule has 29 heavy (non-hydrogen) atoms. The van der Waals surface area contributed by atoms with Crippen molar-refractivity contribution in [2.45, 2.75) is 57.8 Å². The highest BCUT2D eigenvalue weighted by Gasteiger charge is 2.25. The summed E-state index contributed by atoms with van der Waals surface area (Å²) in [4.78, 5) is 8.97. The zero-order valence-electron chi connectivity index (χ0n) is 17.6. The average Bonchev–Trinajstić information content (AvgIpc) is 3.36. The first kappa shape index (κ1) is 21.1. The molecule has 158 valence electrons. The molecule has 1 saturated carbocycles. The Morgan fingerprint density at radius 1 is 1.38 bits per heavy atom. The smallest absolute Gasteiger partial charge is 0.213 e. The molecule has 1 unspecified atom stereocenters. The molecule has 0 saturated heterocycles. The van der Waals surface area contributed by atoms with E-state index in [4.69, 9.17) is 4.74 Å². The number of rotatable bonds is 8. The largest absolute Gasteiger partial charge is 0.474 e. The van der Waals surface area contributed by atoms with Gasteiger partial charge in [-0.25, -0.2) is 9.98 Å². The van der Waals surface area contributed by atoms with E-state index < -0.39 is 5.60 Å². The Morgan fingerprint density at radius 3 is 2.86 bits per heavy atom. The molecular formula is C21H32N6O2.